The molecule has 6 rings (SSSR count). The molecule has 1 fully saturated rings. The van der Waals surface area contributed by atoms with E-state index in [-0.39, 0.29) is 49.3 Å². The summed E-state index contributed by atoms with van der Waals surface area (Å²) in [5.74, 6) is -0.877. The van der Waals surface area contributed by atoms with Crippen LogP contribution in [0.3, 0.4) is 0 Å². The monoisotopic (exact) mass is 781 g/mol. The molecule has 3 heterocycles. The van der Waals surface area contributed by atoms with Crippen LogP contribution in [0.1, 0.15) is 126 Å². The smallest absolute Gasteiger partial charge is 0.306 e. The molecule has 298 valence electrons. The summed E-state index contributed by atoms with van der Waals surface area (Å²) >= 11 is 1.51. The van der Waals surface area contributed by atoms with E-state index < -0.39 is 5.97 Å². The van der Waals surface area contributed by atoms with E-state index in [1.807, 2.05) is 48.5 Å². The van der Waals surface area contributed by atoms with Crippen LogP contribution in [0.4, 0.5) is 5.00 Å². The number of aryl methyl sites for hydroxylation is 1. The highest BCUT2D eigenvalue weighted by atomic mass is 32.1. The molecule has 1 unspecified atom stereocenters. The lowest BCUT2D eigenvalue weighted by Gasteiger charge is -2.32. The maximum Gasteiger partial charge on any atom is 0.306 e. The molecule has 0 spiro atoms. The van der Waals surface area contributed by atoms with Crippen LogP contribution in [-0.4, -0.2) is 75.9 Å². The van der Waals surface area contributed by atoms with Crippen molar-refractivity contribution in [2.75, 3.05) is 32.1 Å². The maximum absolute atomic E-state index is 14.1. The molecule has 1 saturated heterocycles. The lowest BCUT2D eigenvalue weighted by Crippen LogP contribution is -2.41. The number of thiophene rings is 1. The van der Waals surface area contributed by atoms with Gasteiger partial charge < -0.3 is 19.7 Å². The summed E-state index contributed by atoms with van der Waals surface area (Å²) in [6.45, 7) is 6.95. The summed E-state index contributed by atoms with van der Waals surface area (Å²) in [7, 11) is 1.77. The number of hydrogen-bond acceptors (Lipinski definition) is 9. The van der Waals surface area contributed by atoms with Gasteiger partial charge in [-0.1, -0.05) is 56.3 Å². The Labute approximate surface area is 334 Å². The van der Waals surface area contributed by atoms with Gasteiger partial charge in [-0.25, -0.2) is 4.68 Å². The van der Waals surface area contributed by atoms with Gasteiger partial charge in [0.2, 0.25) is 5.91 Å². The second-order valence-electron chi connectivity index (χ2n) is 14.8. The van der Waals surface area contributed by atoms with Crippen molar-refractivity contribution in [1.29, 1.82) is 0 Å². The van der Waals surface area contributed by atoms with E-state index in [1.54, 1.807) is 35.1 Å². The lowest BCUT2D eigenvalue weighted by molar-refractivity contribution is -0.147. The number of likely N-dealkylation sites (N-methyl/N-ethyl adjacent to an activating group) is 1. The number of ketones is 1. The number of aromatic nitrogens is 2. The molecule has 12 heteroatoms. The summed E-state index contributed by atoms with van der Waals surface area (Å²) in [4.78, 5) is 58.5. The maximum atomic E-state index is 14.1. The van der Waals surface area contributed by atoms with Gasteiger partial charge >= 0.3 is 5.97 Å². The predicted molar refractivity (Wildman–Crippen MR) is 218 cm³/mol. The number of carbonyl (C=O) groups excluding carboxylic acids is 4. The number of carbonyl (C=O) groups is 4. The van der Waals surface area contributed by atoms with Crippen LogP contribution in [0.25, 0.3) is 0 Å². The number of nitrogens with one attached hydrogen (secondary N) is 1. The zero-order valence-electron chi connectivity index (χ0n) is 33.0. The van der Waals surface area contributed by atoms with E-state index in [0.717, 1.165) is 74.5 Å². The van der Waals surface area contributed by atoms with Crippen molar-refractivity contribution in [3.63, 3.8) is 0 Å². The van der Waals surface area contributed by atoms with E-state index in [0.29, 0.717) is 47.9 Å². The number of amides is 2. The Morgan fingerprint density at radius 3 is 2.50 bits per heavy atom. The number of hydrogen-bond donors (Lipinski definition) is 1. The van der Waals surface area contributed by atoms with Crippen LogP contribution in [0.2, 0.25) is 0 Å². The van der Waals surface area contributed by atoms with Crippen molar-refractivity contribution in [1.82, 2.24) is 19.6 Å². The fourth-order valence-electron chi connectivity index (χ4n) is 7.61. The third kappa shape index (κ3) is 10.6. The minimum Gasteiger partial charge on any atom is -0.461 e. The van der Waals surface area contributed by atoms with E-state index in [9.17, 15) is 19.2 Å². The summed E-state index contributed by atoms with van der Waals surface area (Å²) < 4.78 is 13.0. The Kier molecular flexibility index (Phi) is 14.6. The molecule has 1 aliphatic carbocycles. The third-order valence-corrected chi connectivity index (χ3v) is 12.1. The first-order valence-corrected chi connectivity index (χ1v) is 21.0. The molecule has 56 heavy (non-hydrogen) atoms. The van der Waals surface area contributed by atoms with Crippen molar-refractivity contribution < 1.29 is 28.7 Å². The zero-order valence-corrected chi connectivity index (χ0v) is 33.8. The van der Waals surface area contributed by atoms with Gasteiger partial charge in [0.05, 0.1) is 23.7 Å². The molecule has 0 radical (unpaired) electrons. The molecular formula is C44H55N5O6S. The first-order chi connectivity index (χ1) is 27.2. The van der Waals surface area contributed by atoms with Crippen molar-refractivity contribution in [3.8, 4) is 0 Å². The Morgan fingerprint density at radius 2 is 1.73 bits per heavy atom. The second-order valence-corrected chi connectivity index (χ2v) is 15.9. The molecule has 2 aromatic heterocycles. The Hall–Kier alpha value is -4.65. The van der Waals surface area contributed by atoms with Crippen LogP contribution in [0.5, 0.6) is 0 Å². The van der Waals surface area contributed by atoms with Gasteiger partial charge in [-0.3, -0.25) is 24.1 Å². The van der Waals surface area contributed by atoms with Gasteiger partial charge in [0.25, 0.3) is 5.91 Å². The van der Waals surface area contributed by atoms with E-state index in [4.69, 9.17) is 9.47 Å². The minimum atomic E-state index is -0.392. The summed E-state index contributed by atoms with van der Waals surface area (Å²) in [5.41, 5.74) is 4.54. The van der Waals surface area contributed by atoms with Crippen molar-refractivity contribution in [2.24, 2.45) is 0 Å². The minimum absolute atomic E-state index is 0.0332. The molecule has 2 aliphatic rings. The van der Waals surface area contributed by atoms with E-state index >= 15 is 0 Å². The third-order valence-electron chi connectivity index (χ3n) is 10.9. The van der Waals surface area contributed by atoms with Gasteiger partial charge in [0.1, 0.15) is 17.8 Å². The normalized spacial score (nSPS) is 15.4. The average molecular weight is 782 g/mol. The molecule has 2 amide bonds. The van der Waals surface area contributed by atoms with E-state index in [2.05, 4.69) is 29.2 Å². The van der Waals surface area contributed by atoms with Gasteiger partial charge in [-0.15, -0.1) is 11.3 Å². The highest BCUT2D eigenvalue weighted by Gasteiger charge is 2.29. The van der Waals surface area contributed by atoms with Crippen LogP contribution in [0, 0.1) is 0 Å². The SMILES string of the molecule is CCC(CC)N(CCN(C)C(=O)CCC(=O)OCc1ccccc1)Cc1cccc(C(=O)Nc2sc3c(c2C(=O)c2cnn(C4CCCCO4)c2)CCCC3)c1. The number of esters is 1. The Morgan fingerprint density at radius 1 is 0.946 bits per heavy atom. The van der Waals surface area contributed by atoms with Gasteiger partial charge in [0.15, 0.2) is 5.78 Å². The standard InChI is InChI=1S/C44H55N5O6S/c1-4-35(5-2)48(24-23-47(3)38(50)21-22-40(51)55-30-31-14-7-6-8-15-31)28-32-16-13-17-33(26-32)43(53)46-44-41(36-18-9-10-19-37(36)56-44)42(52)34-27-45-49(29-34)39-20-11-12-25-54-39/h6-8,13-17,26-27,29,35,39H,4-5,9-12,18-25,28,30H2,1-3H3,(H,46,53). The quantitative estimate of drug-likeness (QED) is 0.0797. The second kappa shape index (κ2) is 20.0. The van der Waals surface area contributed by atoms with Crippen LogP contribution in [-0.2, 0) is 45.1 Å². The summed E-state index contributed by atoms with van der Waals surface area (Å²) in [6, 6.07) is 17.4. The lowest BCUT2D eigenvalue weighted by atomic mass is 9.92. The molecule has 1 aliphatic heterocycles. The van der Waals surface area contributed by atoms with Gasteiger partial charge in [0, 0.05) is 62.4 Å². The van der Waals surface area contributed by atoms with Crippen molar-refractivity contribution in [2.45, 2.75) is 110 Å². The molecule has 11 nitrogen and oxygen atoms in total. The average Bonchev–Trinajstić information content (AvgIpc) is 3.87. The first-order valence-electron chi connectivity index (χ1n) is 20.2. The van der Waals surface area contributed by atoms with E-state index in [1.165, 1.54) is 16.2 Å². The summed E-state index contributed by atoms with van der Waals surface area (Å²) in [5, 5.41) is 8.21. The predicted octanol–water partition coefficient (Wildman–Crippen LogP) is 7.98. The van der Waals surface area contributed by atoms with Crippen LogP contribution in [0.15, 0.2) is 67.0 Å². The van der Waals surface area contributed by atoms with Crippen LogP contribution >= 0.6 is 11.3 Å². The van der Waals surface area contributed by atoms with Gasteiger partial charge in [-0.05, 0) is 86.6 Å². The summed E-state index contributed by atoms with van der Waals surface area (Å²) in [6.07, 6.45) is 12.0. The molecule has 2 aromatic carbocycles. The number of fused-ring (bicyclic) bond motifs is 1. The fraction of sp³-hybridized carbons (Fsp3) is 0.477. The number of benzene rings is 2. The largest absolute Gasteiger partial charge is 0.461 e. The molecule has 1 N–H and O–H groups in total. The highest BCUT2D eigenvalue weighted by Crippen LogP contribution is 2.40. The number of rotatable bonds is 18. The number of ether oxygens (including phenoxy) is 2. The molecule has 4 aromatic rings. The topological polar surface area (TPSA) is 123 Å². The fourth-order valence-corrected chi connectivity index (χ4v) is 8.90. The molecule has 1 atom stereocenters. The molecular weight excluding hydrogens is 727 g/mol. The number of nitrogens with zero attached hydrogens (tertiary/aromatic N) is 4. The van der Waals surface area contributed by atoms with Crippen LogP contribution < -0.4 is 5.32 Å². The molecule has 0 saturated carbocycles. The Balaban J connectivity index is 1.09. The Bertz CT molecular complexity index is 1950. The molecule has 0 bridgehead atoms. The van der Waals surface area contributed by atoms with Crippen molar-refractivity contribution in [3.05, 3.63) is 105 Å². The number of anilines is 1. The zero-order chi connectivity index (χ0) is 39.4. The highest BCUT2D eigenvalue weighted by molar-refractivity contribution is 7.17. The van der Waals surface area contributed by atoms with Gasteiger partial charge in [-0.2, -0.15) is 5.10 Å². The van der Waals surface area contributed by atoms with Crippen molar-refractivity contribution >= 4 is 39.9 Å². The first kappa shape index (κ1) is 41.0.